The normalized spacial score (nSPS) is 17.6. The van der Waals surface area contributed by atoms with Crippen molar-refractivity contribution in [2.24, 2.45) is 0 Å². The number of benzene rings is 2. The van der Waals surface area contributed by atoms with Gasteiger partial charge in [0, 0.05) is 11.9 Å². The van der Waals surface area contributed by atoms with Crippen LogP contribution in [0.1, 0.15) is 28.5 Å². The molecular formula is C26H24FN3O3S. The summed E-state index contributed by atoms with van der Waals surface area (Å²) in [7, 11) is 1.55. The monoisotopic (exact) mass is 477 g/mol. The van der Waals surface area contributed by atoms with Gasteiger partial charge in [0.25, 0.3) is 5.91 Å². The van der Waals surface area contributed by atoms with Gasteiger partial charge in [-0.15, -0.1) is 11.3 Å². The van der Waals surface area contributed by atoms with Crippen molar-refractivity contribution in [1.29, 1.82) is 0 Å². The Hall–Kier alpha value is -3.65. The van der Waals surface area contributed by atoms with Gasteiger partial charge in [0.1, 0.15) is 27.6 Å². The zero-order valence-electron chi connectivity index (χ0n) is 19.1. The molecule has 0 fully saturated rings. The number of carbonyl (C=O) groups is 2. The van der Waals surface area contributed by atoms with E-state index in [1.165, 1.54) is 12.1 Å². The van der Waals surface area contributed by atoms with Crippen molar-refractivity contribution in [1.82, 2.24) is 9.88 Å². The fourth-order valence-electron chi connectivity index (χ4n) is 4.52. The van der Waals surface area contributed by atoms with Crippen LogP contribution in [0.5, 0.6) is 5.75 Å². The Morgan fingerprint density at radius 1 is 1.18 bits per heavy atom. The highest BCUT2D eigenvalue weighted by atomic mass is 32.1. The molecule has 1 aliphatic rings. The molecule has 34 heavy (non-hydrogen) atoms. The maximum atomic E-state index is 13.9. The summed E-state index contributed by atoms with van der Waals surface area (Å²) in [6, 6.07) is 15.4. The van der Waals surface area contributed by atoms with Crippen LogP contribution in [0, 0.1) is 12.7 Å². The average Bonchev–Trinajstić information content (AvgIpc) is 3.41. The van der Waals surface area contributed by atoms with Gasteiger partial charge in [0.2, 0.25) is 5.91 Å². The number of nitrogens with one attached hydrogen (secondary N) is 1. The summed E-state index contributed by atoms with van der Waals surface area (Å²) in [6.45, 7) is 4.20. The highest BCUT2D eigenvalue weighted by molar-refractivity contribution is 7.16. The smallest absolute Gasteiger partial charge is 0.276 e. The van der Waals surface area contributed by atoms with E-state index in [4.69, 9.17) is 4.74 Å². The molecule has 1 unspecified atom stereocenters. The summed E-state index contributed by atoms with van der Waals surface area (Å²) in [5.41, 5.74) is 1.56. The van der Waals surface area contributed by atoms with Crippen molar-refractivity contribution in [3.63, 3.8) is 0 Å². The number of amides is 2. The van der Waals surface area contributed by atoms with E-state index in [1.807, 2.05) is 41.1 Å². The molecule has 8 heteroatoms. The maximum absolute atomic E-state index is 13.9. The van der Waals surface area contributed by atoms with Crippen LogP contribution >= 0.6 is 11.3 Å². The summed E-state index contributed by atoms with van der Waals surface area (Å²) < 4.78 is 20.8. The molecule has 2 aromatic heterocycles. The molecule has 5 rings (SSSR count). The van der Waals surface area contributed by atoms with Gasteiger partial charge in [0.05, 0.1) is 19.3 Å². The first-order valence-corrected chi connectivity index (χ1v) is 11.8. The summed E-state index contributed by atoms with van der Waals surface area (Å²) in [5.74, 6) is -0.396. The van der Waals surface area contributed by atoms with Gasteiger partial charge in [-0.1, -0.05) is 18.2 Å². The minimum Gasteiger partial charge on any atom is -0.495 e. The van der Waals surface area contributed by atoms with E-state index in [9.17, 15) is 14.0 Å². The largest absolute Gasteiger partial charge is 0.495 e. The molecule has 174 valence electrons. The number of fused-ring (bicyclic) bond motifs is 3. The summed E-state index contributed by atoms with van der Waals surface area (Å²) >= 11 is 1.54. The molecule has 6 nitrogen and oxygen atoms in total. The predicted octanol–water partition coefficient (Wildman–Crippen LogP) is 4.89. The second-order valence-corrected chi connectivity index (χ2v) is 9.59. The number of ether oxygens (including phenoxy) is 1. The highest BCUT2D eigenvalue weighted by Crippen LogP contribution is 2.41. The third-order valence-electron chi connectivity index (χ3n) is 6.31. The third-order valence-corrected chi connectivity index (χ3v) is 7.27. The number of hydrogen-bond donors (Lipinski definition) is 1. The minimum atomic E-state index is -1.23. The van der Waals surface area contributed by atoms with Crippen LogP contribution in [0.4, 0.5) is 10.1 Å². The molecular weight excluding hydrogens is 453 g/mol. The molecule has 0 bridgehead atoms. The maximum Gasteiger partial charge on any atom is 0.276 e. The standard InChI is InChI=1S/C26H24FN3O3S/c1-16-4-9-22(33-3)20(12-16)30-23(31)21-13-18-10-11-34-24(18)29(21)15-26(30,2)25(32)28-14-17-5-7-19(27)8-6-17/h4-13H,14-15H2,1-3H3,(H,28,32). The van der Waals surface area contributed by atoms with Gasteiger partial charge in [0.15, 0.2) is 0 Å². The number of rotatable bonds is 5. The number of carbonyl (C=O) groups excluding carboxylic acids is 2. The van der Waals surface area contributed by atoms with Gasteiger partial charge in [-0.3, -0.25) is 14.5 Å². The van der Waals surface area contributed by atoms with Crippen LogP contribution in [0.3, 0.4) is 0 Å². The fraction of sp³-hybridized carbons (Fsp3) is 0.231. The number of nitrogens with zero attached hydrogens (tertiary/aromatic N) is 2. The lowest BCUT2D eigenvalue weighted by Crippen LogP contribution is -2.64. The van der Waals surface area contributed by atoms with E-state index in [0.29, 0.717) is 17.1 Å². The van der Waals surface area contributed by atoms with Crippen LogP contribution < -0.4 is 15.0 Å². The molecule has 0 aliphatic carbocycles. The van der Waals surface area contributed by atoms with Crippen LogP contribution in [-0.2, 0) is 17.9 Å². The topological polar surface area (TPSA) is 63.6 Å². The molecule has 3 heterocycles. The first-order valence-electron chi connectivity index (χ1n) is 10.9. The Labute approximate surface area is 200 Å². The molecule has 1 atom stereocenters. The van der Waals surface area contributed by atoms with Crippen molar-refractivity contribution < 1.29 is 18.7 Å². The van der Waals surface area contributed by atoms with E-state index in [-0.39, 0.29) is 30.7 Å². The number of aryl methyl sites for hydroxylation is 1. The van der Waals surface area contributed by atoms with Crippen LogP contribution in [-0.4, -0.2) is 29.0 Å². The number of halogens is 1. The van der Waals surface area contributed by atoms with Crippen molar-refractivity contribution in [2.45, 2.75) is 32.5 Å². The molecule has 2 amide bonds. The van der Waals surface area contributed by atoms with Crippen LogP contribution in [0.2, 0.25) is 0 Å². The number of hydrogen-bond acceptors (Lipinski definition) is 4. The van der Waals surface area contributed by atoms with E-state index in [1.54, 1.807) is 48.5 Å². The van der Waals surface area contributed by atoms with Gasteiger partial charge in [-0.05, 0) is 66.8 Å². The second-order valence-electron chi connectivity index (χ2n) is 8.70. The van der Waals surface area contributed by atoms with Gasteiger partial charge in [-0.25, -0.2) is 4.39 Å². The Balaban J connectivity index is 1.60. The fourth-order valence-corrected chi connectivity index (χ4v) is 5.42. The number of anilines is 1. The van der Waals surface area contributed by atoms with E-state index >= 15 is 0 Å². The Bertz CT molecular complexity index is 1410. The van der Waals surface area contributed by atoms with E-state index in [0.717, 1.165) is 21.3 Å². The van der Waals surface area contributed by atoms with Crippen LogP contribution in [0.25, 0.3) is 10.2 Å². The lowest BCUT2D eigenvalue weighted by Gasteiger charge is -2.44. The van der Waals surface area contributed by atoms with E-state index in [2.05, 4.69) is 5.32 Å². The molecule has 0 saturated heterocycles. The van der Waals surface area contributed by atoms with Gasteiger partial charge >= 0.3 is 0 Å². The number of thiophene rings is 1. The van der Waals surface area contributed by atoms with Gasteiger partial charge in [-0.2, -0.15) is 0 Å². The zero-order chi connectivity index (χ0) is 24.0. The molecule has 2 aromatic carbocycles. The summed E-state index contributed by atoms with van der Waals surface area (Å²) in [5, 5.41) is 5.91. The Kier molecular flexibility index (Phi) is 5.40. The van der Waals surface area contributed by atoms with Gasteiger partial charge < -0.3 is 14.6 Å². The highest BCUT2D eigenvalue weighted by Gasteiger charge is 2.49. The lowest BCUT2D eigenvalue weighted by atomic mass is 9.93. The van der Waals surface area contributed by atoms with E-state index < -0.39 is 5.54 Å². The first kappa shape index (κ1) is 22.2. The van der Waals surface area contributed by atoms with Crippen molar-refractivity contribution >= 4 is 39.1 Å². The van der Waals surface area contributed by atoms with Crippen molar-refractivity contribution in [3.8, 4) is 5.75 Å². The zero-order valence-corrected chi connectivity index (χ0v) is 19.9. The minimum absolute atomic E-state index is 0.217. The Morgan fingerprint density at radius 3 is 2.68 bits per heavy atom. The number of methoxy groups -OCH3 is 1. The molecule has 0 spiro atoms. The molecule has 0 saturated carbocycles. The second kappa shape index (κ2) is 8.29. The lowest BCUT2D eigenvalue weighted by molar-refractivity contribution is -0.126. The van der Waals surface area contributed by atoms with Crippen molar-refractivity contribution in [3.05, 3.63) is 82.6 Å². The summed E-state index contributed by atoms with van der Waals surface area (Å²) in [6.07, 6.45) is 0. The SMILES string of the molecule is COc1ccc(C)cc1N1C(=O)c2cc3ccsc3n2CC1(C)C(=O)NCc1ccc(F)cc1. The average molecular weight is 478 g/mol. The summed E-state index contributed by atoms with van der Waals surface area (Å²) in [4.78, 5) is 30.2. The Morgan fingerprint density at radius 2 is 1.94 bits per heavy atom. The molecule has 4 aromatic rings. The van der Waals surface area contributed by atoms with Crippen molar-refractivity contribution in [2.75, 3.05) is 12.0 Å². The first-order chi connectivity index (χ1) is 16.3. The molecule has 1 aliphatic heterocycles. The molecule has 1 N–H and O–H groups in total. The third kappa shape index (κ3) is 3.54. The quantitative estimate of drug-likeness (QED) is 0.445. The molecule has 0 radical (unpaired) electrons. The van der Waals surface area contributed by atoms with Crippen LogP contribution in [0.15, 0.2) is 60.0 Å². The number of aromatic nitrogens is 1. The predicted molar refractivity (Wildman–Crippen MR) is 131 cm³/mol.